The molecular formula is C25H44. The van der Waals surface area contributed by atoms with Crippen LogP contribution in [0, 0.1) is 5.92 Å². The van der Waals surface area contributed by atoms with E-state index >= 15 is 0 Å². The zero-order chi connectivity index (χ0) is 19.1. The minimum absolute atomic E-state index is 0.848. The van der Waals surface area contributed by atoms with E-state index in [0.29, 0.717) is 0 Å². The fraction of sp³-hybridized carbons (Fsp3) is 0.680. The highest BCUT2D eigenvalue weighted by molar-refractivity contribution is 5.03. The quantitative estimate of drug-likeness (QED) is 0.231. The molecule has 1 unspecified atom stereocenters. The van der Waals surface area contributed by atoms with Gasteiger partial charge >= 0.3 is 0 Å². The number of hydrogen-bond donors (Lipinski definition) is 0. The number of rotatable bonds is 13. The summed E-state index contributed by atoms with van der Waals surface area (Å²) in [6, 6.07) is 0. The lowest BCUT2D eigenvalue weighted by molar-refractivity contribution is 0.480. The average Bonchev–Trinajstić information content (AvgIpc) is 2.51. The summed E-state index contributed by atoms with van der Waals surface area (Å²) in [5.41, 5.74) is 5.98. The standard InChI is InChI=1S/C25H44/c1-21(2)13-10-17-23(5)15-8-9-16-24(6)19-12-20-25(7)18-11-14-22(3)4/h13-15,20,24H,8-12,16-19H2,1-7H3. The van der Waals surface area contributed by atoms with Crippen LogP contribution in [0.15, 0.2) is 46.6 Å². The van der Waals surface area contributed by atoms with Crippen molar-refractivity contribution in [3.8, 4) is 0 Å². The van der Waals surface area contributed by atoms with Gasteiger partial charge in [-0.15, -0.1) is 0 Å². The predicted molar refractivity (Wildman–Crippen MR) is 117 cm³/mol. The first kappa shape index (κ1) is 24.0. The molecule has 0 aliphatic rings. The molecule has 0 fully saturated rings. The third-order valence-electron chi connectivity index (χ3n) is 4.73. The maximum absolute atomic E-state index is 2.46. The van der Waals surface area contributed by atoms with Crippen molar-refractivity contribution < 1.29 is 0 Å². The Morgan fingerprint density at radius 1 is 0.600 bits per heavy atom. The van der Waals surface area contributed by atoms with Gasteiger partial charge in [-0.2, -0.15) is 0 Å². The summed E-state index contributed by atoms with van der Waals surface area (Å²) in [4.78, 5) is 0. The van der Waals surface area contributed by atoms with E-state index in [1.165, 1.54) is 68.9 Å². The van der Waals surface area contributed by atoms with Crippen LogP contribution in [0.1, 0.15) is 106 Å². The lowest BCUT2D eigenvalue weighted by atomic mass is 9.97. The summed E-state index contributed by atoms with van der Waals surface area (Å²) >= 11 is 0. The molecular weight excluding hydrogens is 300 g/mol. The Morgan fingerprint density at radius 2 is 1.08 bits per heavy atom. The Hall–Kier alpha value is -1.04. The molecule has 0 rings (SSSR count). The van der Waals surface area contributed by atoms with Crippen LogP contribution < -0.4 is 0 Å². The van der Waals surface area contributed by atoms with E-state index in [0.717, 1.165) is 5.92 Å². The maximum atomic E-state index is 2.46. The first-order valence-corrected chi connectivity index (χ1v) is 10.4. The second kappa shape index (κ2) is 15.2. The van der Waals surface area contributed by atoms with Crippen molar-refractivity contribution in [3.63, 3.8) is 0 Å². The van der Waals surface area contributed by atoms with E-state index in [1.54, 1.807) is 11.1 Å². The molecule has 0 nitrogen and oxygen atoms in total. The average molecular weight is 345 g/mol. The van der Waals surface area contributed by atoms with Gasteiger partial charge in [0.15, 0.2) is 0 Å². The lowest BCUT2D eigenvalue weighted by Gasteiger charge is -2.09. The smallest absolute Gasteiger partial charge is 0.0288 e. The highest BCUT2D eigenvalue weighted by atomic mass is 14.1. The third-order valence-corrected chi connectivity index (χ3v) is 4.73. The molecule has 0 amide bonds. The Labute approximate surface area is 159 Å². The topological polar surface area (TPSA) is 0 Å². The van der Waals surface area contributed by atoms with Crippen molar-refractivity contribution in [3.05, 3.63) is 46.6 Å². The fourth-order valence-corrected chi connectivity index (χ4v) is 2.95. The molecule has 0 saturated carbocycles. The van der Waals surface area contributed by atoms with Crippen LogP contribution in [0.4, 0.5) is 0 Å². The zero-order valence-electron chi connectivity index (χ0n) is 18.3. The zero-order valence-corrected chi connectivity index (χ0v) is 18.3. The normalized spacial score (nSPS) is 13.6. The van der Waals surface area contributed by atoms with Crippen LogP contribution in [-0.2, 0) is 0 Å². The molecule has 0 saturated heterocycles. The van der Waals surface area contributed by atoms with Gasteiger partial charge in [0.1, 0.15) is 0 Å². The molecule has 0 heterocycles. The van der Waals surface area contributed by atoms with Gasteiger partial charge in [0.05, 0.1) is 0 Å². The molecule has 0 aromatic heterocycles. The minimum Gasteiger partial charge on any atom is -0.0856 e. The van der Waals surface area contributed by atoms with Crippen molar-refractivity contribution in [1.29, 1.82) is 0 Å². The summed E-state index contributed by atoms with van der Waals surface area (Å²) in [6.07, 6.45) is 21.0. The van der Waals surface area contributed by atoms with Gasteiger partial charge in [-0.1, -0.05) is 59.9 Å². The van der Waals surface area contributed by atoms with Crippen LogP contribution in [0.25, 0.3) is 0 Å². The predicted octanol–water partition coefficient (Wildman–Crippen LogP) is 8.96. The van der Waals surface area contributed by atoms with Gasteiger partial charge in [-0.25, -0.2) is 0 Å². The largest absolute Gasteiger partial charge is 0.0856 e. The molecule has 0 aliphatic carbocycles. The minimum atomic E-state index is 0.848. The molecule has 144 valence electrons. The van der Waals surface area contributed by atoms with Crippen molar-refractivity contribution in [1.82, 2.24) is 0 Å². The first-order chi connectivity index (χ1) is 11.8. The molecule has 0 aromatic carbocycles. The Morgan fingerprint density at radius 3 is 1.56 bits per heavy atom. The lowest BCUT2D eigenvalue weighted by Crippen LogP contribution is -1.94. The van der Waals surface area contributed by atoms with Crippen molar-refractivity contribution >= 4 is 0 Å². The van der Waals surface area contributed by atoms with Gasteiger partial charge in [0.25, 0.3) is 0 Å². The van der Waals surface area contributed by atoms with Crippen LogP contribution >= 0.6 is 0 Å². The van der Waals surface area contributed by atoms with E-state index in [9.17, 15) is 0 Å². The monoisotopic (exact) mass is 344 g/mol. The highest BCUT2D eigenvalue weighted by Gasteiger charge is 2.01. The molecule has 0 radical (unpaired) electrons. The van der Waals surface area contributed by atoms with Gasteiger partial charge in [0, 0.05) is 0 Å². The van der Waals surface area contributed by atoms with Crippen LogP contribution in [0.3, 0.4) is 0 Å². The SMILES string of the molecule is CC(C)=CCCC(C)=CCCCC(C)CCC=C(C)CCC=C(C)C. The first-order valence-electron chi connectivity index (χ1n) is 10.4. The fourth-order valence-electron chi connectivity index (χ4n) is 2.95. The van der Waals surface area contributed by atoms with Crippen LogP contribution in [0.2, 0.25) is 0 Å². The molecule has 0 spiro atoms. The Balaban J connectivity index is 3.81. The molecule has 0 N–H and O–H groups in total. The molecule has 1 atom stereocenters. The van der Waals surface area contributed by atoms with Crippen LogP contribution in [-0.4, -0.2) is 0 Å². The van der Waals surface area contributed by atoms with Crippen LogP contribution in [0.5, 0.6) is 0 Å². The molecule has 25 heavy (non-hydrogen) atoms. The van der Waals surface area contributed by atoms with Crippen molar-refractivity contribution in [2.24, 2.45) is 5.92 Å². The van der Waals surface area contributed by atoms with E-state index in [-0.39, 0.29) is 0 Å². The second-order valence-electron chi connectivity index (χ2n) is 8.35. The van der Waals surface area contributed by atoms with Gasteiger partial charge in [0.2, 0.25) is 0 Å². The second-order valence-corrected chi connectivity index (χ2v) is 8.35. The number of unbranched alkanes of at least 4 members (excludes halogenated alkanes) is 1. The van der Waals surface area contributed by atoms with E-state index < -0.39 is 0 Å². The van der Waals surface area contributed by atoms with Gasteiger partial charge in [-0.3, -0.25) is 0 Å². The Bertz CT molecular complexity index is 448. The molecule has 0 heteroatoms. The Kier molecular flexibility index (Phi) is 14.6. The van der Waals surface area contributed by atoms with Gasteiger partial charge in [-0.05, 0) is 98.8 Å². The van der Waals surface area contributed by atoms with Gasteiger partial charge < -0.3 is 0 Å². The molecule has 0 aromatic rings. The summed E-state index contributed by atoms with van der Waals surface area (Å²) in [5.74, 6) is 0.848. The summed E-state index contributed by atoms with van der Waals surface area (Å²) < 4.78 is 0. The summed E-state index contributed by atoms with van der Waals surface area (Å²) in [7, 11) is 0. The summed E-state index contributed by atoms with van der Waals surface area (Å²) in [5, 5.41) is 0. The van der Waals surface area contributed by atoms with Crippen molar-refractivity contribution in [2.75, 3.05) is 0 Å². The molecule has 0 bridgehead atoms. The molecule has 0 aliphatic heterocycles. The maximum Gasteiger partial charge on any atom is -0.0288 e. The van der Waals surface area contributed by atoms with E-state index in [1.807, 2.05) is 0 Å². The van der Waals surface area contributed by atoms with Crippen molar-refractivity contribution in [2.45, 2.75) is 106 Å². The van der Waals surface area contributed by atoms with E-state index in [4.69, 9.17) is 0 Å². The highest BCUT2D eigenvalue weighted by Crippen LogP contribution is 2.17. The van der Waals surface area contributed by atoms with E-state index in [2.05, 4.69) is 72.8 Å². The number of allylic oxidation sites excluding steroid dienone is 8. The summed E-state index contributed by atoms with van der Waals surface area (Å²) in [6.45, 7) is 15.7. The third kappa shape index (κ3) is 17.6. The number of hydrogen-bond acceptors (Lipinski definition) is 0.